The molecule has 1 amide bonds. The second kappa shape index (κ2) is 9.52. The van der Waals surface area contributed by atoms with Crippen molar-refractivity contribution in [3.8, 4) is 5.75 Å². The Hall–Kier alpha value is -3.69. The van der Waals surface area contributed by atoms with E-state index >= 15 is 0 Å². The summed E-state index contributed by atoms with van der Waals surface area (Å²) >= 11 is 0. The maximum Gasteiger partial charge on any atom is 0.290 e. The summed E-state index contributed by atoms with van der Waals surface area (Å²) in [5.74, 6) is -0.289. The predicted molar refractivity (Wildman–Crippen MR) is 128 cm³/mol. The molecule has 35 heavy (non-hydrogen) atoms. The lowest BCUT2D eigenvalue weighted by Crippen LogP contribution is -2.50. The molecule has 1 aliphatic heterocycles. The van der Waals surface area contributed by atoms with E-state index in [0.29, 0.717) is 16.9 Å². The first-order valence-electron chi connectivity index (χ1n) is 11.2. The molecule has 1 saturated heterocycles. The van der Waals surface area contributed by atoms with Crippen LogP contribution in [0.2, 0.25) is 0 Å². The number of furan rings is 1. The van der Waals surface area contributed by atoms with Crippen molar-refractivity contribution in [2.45, 2.75) is 11.5 Å². The molecule has 0 N–H and O–H groups in total. The van der Waals surface area contributed by atoms with Crippen molar-refractivity contribution in [2.24, 2.45) is 0 Å². The van der Waals surface area contributed by atoms with Crippen LogP contribution in [0, 0.1) is 5.82 Å². The van der Waals surface area contributed by atoms with Crippen LogP contribution in [0.15, 0.2) is 88.2 Å². The van der Waals surface area contributed by atoms with Gasteiger partial charge in [-0.15, -0.1) is 0 Å². The van der Waals surface area contributed by atoms with Crippen LogP contribution in [0.5, 0.6) is 5.75 Å². The average Bonchev–Trinajstić information content (AvgIpc) is 3.26. The number of para-hydroxylation sites is 2. The van der Waals surface area contributed by atoms with Gasteiger partial charge in [-0.25, -0.2) is 12.8 Å². The highest BCUT2D eigenvalue weighted by Crippen LogP contribution is 2.29. The molecule has 1 aromatic heterocycles. The highest BCUT2D eigenvalue weighted by atomic mass is 32.2. The molecule has 0 spiro atoms. The van der Waals surface area contributed by atoms with Crippen LogP contribution in [0.4, 0.5) is 4.39 Å². The summed E-state index contributed by atoms with van der Waals surface area (Å²) in [6.45, 7) is 0.561. The van der Waals surface area contributed by atoms with Crippen molar-refractivity contribution in [1.82, 2.24) is 9.21 Å². The molecule has 0 radical (unpaired) electrons. The highest BCUT2D eigenvalue weighted by molar-refractivity contribution is 7.89. The third kappa shape index (κ3) is 4.52. The normalized spacial score (nSPS) is 14.8. The van der Waals surface area contributed by atoms with Gasteiger partial charge in [-0.2, -0.15) is 4.31 Å². The van der Waals surface area contributed by atoms with E-state index in [4.69, 9.17) is 9.15 Å². The van der Waals surface area contributed by atoms with Gasteiger partial charge in [0.25, 0.3) is 5.91 Å². The fourth-order valence-corrected chi connectivity index (χ4v) is 5.64. The summed E-state index contributed by atoms with van der Waals surface area (Å²) in [5.41, 5.74) is 1.21. The molecule has 0 aliphatic carbocycles. The molecule has 3 aromatic carbocycles. The number of benzene rings is 3. The lowest BCUT2D eigenvalue weighted by Gasteiger charge is -2.33. The summed E-state index contributed by atoms with van der Waals surface area (Å²) in [4.78, 5) is 14.6. The Morgan fingerprint density at radius 1 is 0.886 bits per heavy atom. The van der Waals surface area contributed by atoms with Gasteiger partial charge in [0, 0.05) is 37.1 Å². The first-order chi connectivity index (χ1) is 16.9. The average molecular weight is 495 g/mol. The fraction of sp³-hybridized carbons (Fsp3) is 0.192. The lowest BCUT2D eigenvalue weighted by molar-refractivity contribution is 0.0664. The van der Waals surface area contributed by atoms with Crippen LogP contribution in [0.3, 0.4) is 0 Å². The van der Waals surface area contributed by atoms with Crippen LogP contribution in [-0.4, -0.2) is 49.7 Å². The van der Waals surface area contributed by atoms with Crippen LogP contribution < -0.4 is 4.74 Å². The molecule has 180 valence electrons. The van der Waals surface area contributed by atoms with E-state index in [2.05, 4.69) is 0 Å². The van der Waals surface area contributed by atoms with E-state index in [-0.39, 0.29) is 49.3 Å². The summed E-state index contributed by atoms with van der Waals surface area (Å²) in [7, 11) is -4.00. The molecular formula is C26H23FN2O5S. The van der Waals surface area contributed by atoms with Crippen molar-refractivity contribution in [3.63, 3.8) is 0 Å². The molecule has 7 nitrogen and oxygen atoms in total. The molecule has 1 fully saturated rings. The van der Waals surface area contributed by atoms with Gasteiger partial charge in [0.15, 0.2) is 5.76 Å². The quantitative estimate of drug-likeness (QED) is 0.399. The van der Waals surface area contributed by atoms with Gasteiger partial charge in [-0.05, 0) is 30.3 Å². The molecule has 1 aliphatic rings. The van der Waals surface area contributed by atoms with Crippen molar-refractivity contribution in [1.29, 1.82) is 0 Å². The molecular weight excluding hydrogens is 471 g/mol. The Bertz CT molecular complexity index is 1460. The van der Waals surface area contributed by atoms with Gasteiger partial charge in [0.05, 0.1) is 0 Å². The fourth-order valence-electron chi connectivity index (χ4n) is 4.16. The van der Waals surface area contributed by atoms with Crippen LogP contribution in [0.25, 0.3) is 11.0 Å². The monoisotopic (exact) mass is 494 g/mol. The number of hydrogen-bond acceptors (Lipinski definition) is 5. The smallest absolute Gasteiger partial charge is 0.290 e. The maximum atomic E-state index is 14.1. The Balaban J connectivity index is 1.35. The zero-order valence-electron chi connectivity index (χ0n) is 18.8. The second-order valence-corrected chi connectivity index (χ2v) is 10.0. The number of fused-ring (bicyclic) bond motifs is 1. The van der Waals surface area contributed by atoms with Crippen LogP contribution in [-0.2, 0) is 16.6 Å². The first kappa shape index (κ1) is 23.1. The van der Waals surface area contributed by atoms with Crippen LogP contribution >= 0.6 is 0 Å². The minimum atomic E-state index is -4.00. The molecule has 0 saturated carbocycles. The molecule has 4 aromatic rings. The van der Waals surface area contributed by atoms with Crippen molar-refractivity contribution < 1.29 is 26.8 Å². The third-order valence-corrected chi connectivity index (χ3v) is 7.93. The van der Waals surface area contributed by atoms with E-state index in [1.165, 1.54) is 22.5 Å². The Kier molecular flexibility index (Phi) is 6.27. The highest BCUT2D eigenvalue weighted by Gasteiger charge is 2.34. The van der Waals surface area contributed by atoms with Gasteiger partial charge in [-0.1, -0.05) is 48.5 Å². The topological polar surface area (TPSA) is 80.1 Å². The summed E-state index contributed by atoms with van der Waals surface area (Å²) in [6, 6.07) is 21.9. The van der Waals surface area contributed by atoms with Gasteiger partial charge in [0.2, 0.25) is 10.0 Å². The lowest BCUT2D eigenvalue weighted by atomic mass is 10.1. The molecule has 5 rings (SSSR count). The van der Waals surface area contributed by atoms with Gasteiger partial charge < -0.3 is 14.1 Å². The number of amides is 1. The molecule has 0 unspecified atom stereocenters. The zero-order chi connectivity index (χ0) is 24.4. The minimum absolute atomic E-state index is 0.0541. The summed E-state index contributed by atoms with van der Waals surface area (Å²) in [5, 5.41) is 0.785. The van der Waals surface area contributed by atoms with Crippen molar-refractivity contribution >= 4 is 26.9 Å². The largest absolute Gasteiger partial charge is 0.489 e. The number of sulfonamides is 1. The molecule has 9 heteroatoms. The predicted octanol–water partition coefficient (Wildman–Crippen LogP) is 4.30. The number of piperazine rings is 1. The SMILES string of the molecule is O=C(c1oc2ccccc2c1COc1ccccc1)N1CCN(S(=O)(=O)c2ccccc2F)CC1. The Morgan fingerprint density at radius 2 is 1.54 bits per heavy atom. The number of carbonyl (C=O) groups is 1. The summed E-state index contributed by atoms with van der Waals surface area (Å²) < 4.78 is 52.9. The van der Waals surface area contributed by atoms with Crippen molar-refractivity contribution in [2.75, 3.05) is 26.2 Å². The number of nitrogens with zero attached hydrogens (tertiary/aromatic N) is 2. The number of hydrogen-bond donors (Lipinski definition) is 0. The number of rotatable bonds is 6. The van der Waals surface area contributed by atoms with Crippen LogP contribution in [0.1, 0.15) is 16.1 Å². The molecule has 2 heterocycles. The van der Waals surface area contributed by atoms with E-state index in [1.54, 1.807) is 11.0 Å². The Morgan fingerprint density at radius 3 is 2.29 bits per heavy atom. The second-order valence-electron chi connectivity index (χ2n) is 8.13. The molecule has 0 atom stereocenters. The Labute approximate surface area is 202 Å². The first-order valence-corrected chi connectivity index (χ1v) is 12.6. The summed E-state index contributed by atoms with van der Waals surface area (Å²) in [6.07, 6.45) is 0. The van der Waals surface area contributed by atoms with E-state index < -0.39 is 15.8 Å². The number of ether oxygens (including phenoxy) is 1. The number of carbonyl (C=O) groups excluding carboxylic acids is 1. The van der Waals surface area contributed by atoms with E-state index in [0.717, 1.165) is 11.5 Å². The third-order valence-electron chi connectivity index (χ3n) is 6.00. The van der Waals surface area contributed by atoms with Gasteiger partial charge in [0.1, 0.15) is 28.7 Å². The van der Waals surface area contributed by atoms with Gasteiger partial charge in [-0.3, -0.25) is 4.79 Å². The van der Waals surface area contributed by atoms with E-state index in [1.807, 2.05) is 48.5 Å². The minimum Gasteiger partial charge on any atom is -0.489 e. The van der Waals surface area contributed by atoms with E-state index in [9.17, 15) is 17.6 Å². The number of halogens is 1. The molecule has 0 bridgehead atoms. The maximum absolute atomic E-state index is 14.1. The van der Waals surface area contributed by atoms with Gasteiger partial charge >= 0.3 is 0 Å². The van der Waals surface area contributed by atoms with Crippen molar-refractivity contribution in [3.05, 3.63) is 96.0 Å². The zero-order valence-corrected chi connectivity index (χ0v) is 19.6. The standard InChI is InChI=1S/C26H23FN2O5S/c27-22-11-5-7-13-24(22)35(31,32)29-16-14-28(15-17-29)26(30)25-21(18-33-19-8-2-1-3-9-19)20-10-4-6-12-23(20)34-25/h1-13H,14-18H2.